The van der Waals surface area contributed by atoms with E-state index >= 15 is 0 Å². The first-order valence-corrected chi connectivity index (χ1v) is 6.35. The van der Waals surface area contributed by atoms with Crippen LogP contribution in [0.3, 0.4) is 0 Å². The van der Waals surface area contributed by atoms with E-state index in [0.717, 1.165) is 26.2 Å². The molecule has 1 fully saturated rings. The van der Waals surface area contributed by atoms with Crippen LogP contribution in [-0.4, -0.2) is 59.6 Å². The number of aliphatic carboxylic acids is 1. The second kappa shape index (κ2) is 6.86. The number of hydrogen-bond acceptors (Lipinski definition) is 3. The SMILES string of the molecule is CCN(CC)CCN(CCC(=O)O)C1CC1. The first-order chi connectivity index (χ1) is 7.67. The monoisotopic (exact) mass is 228 g/mol. The van der Waals surface area contributed by atoms with Gasteiger partial charge >= 0.3 is 5.97 Å². The molecule has 0 amide bonds. The van der Waals surface area contributed by atoms with Gasteiger partial charge in [0.2, 0.25) is 0 Å². The molecule has 1 aliphatic carbocycles. The summed E-state index contributed by atoms with van der Waals surface area (Å²) < 4.78 is 0. The molecule has 1 rings (SSSR count). The van der Waals surface area contributed by atoms with Gasteiger partial charge in [0.15, 0.2) is 0 Å². The van der Waals surface area contributed by atoms with Crippen LogP contribution in [0.5, 0.6) is 0 Å². The van der Waals surface area contributed by atoms with Crippen LogP contribution in [0.4, 0.5) is 0 Å². The molecular weight excluding hydrogens is 204 g/mol. The molecule has 0 radical (unpaired) electrons. The molecule has 0 bridgehead atoms. The lowest BCUT2D eigenvalue weighted by Crippen LogP contribution is -2.37. The van der Waals surface area contributed by atoms with Crippen LogP contribution in [0, 0.1) is 0 Å². The van der Waals surface area contributed by atoms with E-state index in [4.69, 9.17) is 5.11 Å². The molecule has 0 aromatic carbocycles. The van der Waals surface area contributed by atoms with Crippen molar-refractivity contribution < 1.29 is 9.90 Å². The minimum Gasteiger partial charge on any atom is -0.481 e. The van der Waals surface area contributed by atoms with Gasteiger partial charge in [0.1, 0.15) is 0 Å². The van der Waals surface area contributed by atoms with Crippen molar-refractivity contribution in [3.8, 4) is 0 Å². The van der Waals surface area contributed by atoms with E-state index in [0.29, 0.717) is 12.6 Å². The quantitative estimate of drug-likeness (QED) is 0.645. The fourth-order valence-corrected chi connectivity index (χ4v) is 1.97. The van der Waals surface area contributed by atoms with Gasteiger partial charge in [-0.1, -0.05) is 13.8 Å². The highest BCUT2D eigenvalue weighted by Gasteiger charge is 2.28. The Morgan fingerprint density at radius 2 is 1.81 bits per heavy atom. The second-order valence-electron chi connectivity index (χ2n) is 4.44. The summed E-state index contributed by atoms with van der Waals surface area (Å²) in [5, 5.41) is 8.70. The lowest BCUT2D eigenvalue weighted by Gasteiger charge is -2.25. The van der Waals surface area contributed by atoms with Gasteiger partial charge in [-0.3, -0.25) is 9.69 Å². The number of rotatable bonds is 9. The maximum Gasteiger partial charge on any atom is 0.304 e. The molecule has 4 heteroatoms. The van der Waals surface area contributed by atoms with Crippen LogP contribution in [0.2, 0.25) is 0 Å². The summed E-state index contributed by atoms with van der Waals surface area (Å²) in [7, 11) is 0. The van der Waals surface area contributed by atoms with Crippen molar-refractivity contribution in [1.29, 1.82) is 0 Å². The molecule has 0 aromatic rings. The Labute approximate surface area is 98.2 Å². The van der Waals surface area contributed by atoms with Crippen LogP contribution in [0.15, 0.2) is 0 Å². The van der Waals surface area contributed by atoms with Crippen molar-refractivity contribution in [1.82, 2.24) is 9.80 Å². The standard InChI is InChI=1S/C12H24N2O2/c1-3-13(4-2)9-10-14(11-5-6-11)8-7-12(15)16/h11H,3-10H2,1-2H3,(H,15,16). The molecule has 0 aliphatic heterocycles. The average molecular weight is 228 g/mol. The Morgan fingerprint density at radius 3 is 2.25 bits per heavy atom. The zero-order valence-electron chi connectivity index (χ0n) is 10.5. The smallest absolute Gasteiger partial charge is 0.304 e. The molecule has 0 saturated heterocycles. The molecular formula is C12H24N2O2. The molecule has 1 saturated carbocycles. The summed E-state index contributed by atoms with van der Waals surface area (Å²) in [4.78, 5) is 15.3. The molecule has 0 aromatic heterocycles. The van der Waals surface area contributed by atoms with Gasteiger partial charge < -0.3 is 10.0 Å². The van der Waals surface area contributed by atoms with Gasteiger partial charge in [-0.2, -0.15) is 0 Å². The van der Waals surface area contributed by atoms with Crippen LogP contribution < -0.4 is 0 Å². The van der Waals surface area contributed by atoms with Crippen molar-refractivity contribution in [3.05, 3.63) is 0 Å². The molecule has 4 nitrogen and oxygen atoms in total. The molecule has 0 atom stereocenters. The highest BCUT2D eigenvalue weighted by Crippen LogP contribution is 2.26. The third-order valence-electron chi connectivity index (χ3n) is 3.27. The predicted molar refractivity (Wildman–Crippen MR) is 64.6 cm³/mol. The van der Waals surface area contributed by atoms with Crippen molar-refractivity contribution in [2.24, 2.45) is 0 Å². The van der Waals surface area contributed by atoms with Gasteiger partial charge in [0.05, 0.1) is 6.42 Å². The maximum atomic E-state index is 10.6. The topological polar surface area (TPSA) is 43.8 Å². The Kier molecular flexibility index (Phi) is 5.77. The van der Waals surface area contributed by atoms with E-state index in [9.17, 15) is 4.79 Å². The molecule has 0 unspecified atom stereocenters. The third-order valence-corrected chi connectivity index (χ3v) is 3.27. The first-order valence-electron chi connectivity index (χ1n) is 6.35. The van der Waals surface area contributed by atoms with E-state index in [-0.39, 0.29) is 6.42 Å². The second-order valence-corrected chi connectivity index (χ2v) is 4.44. The Bertz CT molecular complexity index is 213. The summed E-state index contributed by atoms with van der Waals surface area (Å²) in [5.41, 5.74) is 0. The Hall–Kier alpha value is -0.610. The normalized spacial score (nSPS) is 16.0. The number of carboxylic acids is 1. The first kappa shape index (κ1) is 13.5. The van der Waals surface area contributed by atoms with Gasteiger partial charge in [0.25, 0.3) is 0 Å². The van der Waals surface area contributed by atoms with Gasteiger partial charge in [0, 0.05) is 25.7 Å². The van der Waals surface area contributed by atoms with E-state index < -0.39 is 5.97 Å². The fraction of sp³-hybridized carbons (Fsp3) is 0.917. The van der Waals surface area contributed by atoms with E-state index in [1.807, 2.05) is 0 Å². The van der Waals surface area contributed by atoms with Gasteiger partial charge in [-0.05, 0) is 25.9 Å². The summed E-state index contributed by atoms with van der Waals surface area (Å²) in [6, 6.07) is 0.662. The zero-order valence-corrected chi connectivity index (χ0v) is 10.5. The lowest BCUT2D eigenvalue weighted by molar-refractivity contribution is -0.137. The zero-order chi connectivity index (χ0) is 12.0. The highest BCUT2D eigenvalue weighted by atomic mass is 16.4. The van der Waals surface area contributed by atoms with E-state index in [2.05, 4.69) is 23.6 Å². The van der Waals surface area contributed by atoms with Crippen LogP contribution >= 0.6 is 0 Å². The number of carbonyl (C=O) groups is 1. The molecule has 1 aliphatic rings. The van der Waals surface area contributed by atoms with Crippen molar-refractivity contribution in [2.45, 2.75) is 39.2 Å². The van der Waals surface area contributed by atoms with Crippen LogP contribution in [0.25, 0.3) is 0 Å². The average Bonchev–Trinajstić information content (AvgIpc) is 3.07. The lowest BCUT2D eigenvalue weighted by atomic mass is 10.3. The highest BCUT2D eigenvalue weighted by molar-refractivity contribution is 5.66. The number of hydrogen-bond donors (Lipinski definition) is 1. The molecule has 16 heavy (non-hydrogen) atoms. The van der Waals surface area contributed by atoms with Gasteiger partial charge in [-0.15, -0.1) is 0 Å². The van der Waals surface area contributed by atoms with Gasteiger partial charge in [-0.25, -0.2) is 0 Å². The summed E-state index contributed by atoms with van der Waals surface area (Å²) >= 11 is 0. The molecule has 94 valence electrons. The maximum absolute atomic E-state index is 10.6. The predicted octanol–water partition coefficient (Wildman–Crippen LogP) is 1.27. The number of carboxylic acid groups (broad SMARTS) is 1. The minimum absolute atomic E-state index is 0.273. The van der Waals surface area contributed by atoms with Crippen LogP contribution in [-0.2, 0) is 4.79 Å². The Morgan fingerprint density at radius 1 is 1.19 bits per heavy atom. The van der Waals surface area contributed by atoms with Crippen LogP contribution in [0.1, 0.15) is 33.1 Å². The molecule has 0 spiro atoms. The summed E-state index contributed by atoms with van der Waals surface area (Å²) in [5.74, 6) is -0.687. The number of nitrogens with zero attached hydrogens (tertiary/aromatic N) is 2. The number of likely N-dealkylation sites (N-methyl/N-ethyl adjacent to an activating group) is 1. The van der Waals surface area contributed by atoms with Crippen molar-refractivity contribution in [2.75, 3.05) is 32.7 Å². The minimum atomic E-state index is -0.687. The van der Waals surface area contributed by atoms with Crippen molar-refractivity contribution >= 4 is 5.97 Å². The summed E-state index contributed by atoms with van der Waals surface area (Å²) in [6.45, 7) is 9.27. The fourth-order valence-electron chi connectivity index (χ4n) is 1.97. The van der Waals surface area contributed by atoms with E-state index in [1.165, 1.54) is 12.8 Å². The van der Waals surface area contributed by atoms with E-state index in [1.54, 1.807) is 0 Å². The third kappa shape index (κ3) is 4.94. The summed E-state index contributed by atoms with van der Waals surface area (Å²) in [6.07, 6.45) is 2.77. The Balaban J connectivity index is 2.24. The molecule has 0 heterocycles. The molecule has 1 N–H and O–H groups in total. The largest absolute Gasteiger partial charge is 0.481 e. The van der Waals surface area contributed by atoms with Crippen molar-refractivity contribution in [3.63, 3.8) is 0 Å².